The van der Waals surface area contributed by atoms with Crippen molar-refractivity contribution < 1.29 is 14.3 Å². The van der Waals surface area contributed by atoms with Crippen molar-refractivity contribution in [1.82, 2.24) is 0 Å². The molecule has 66 valence electrons. The second kappa shape index (κ2) is 2.59. The van der Waals surface area contributed by atoms with Crippen LogP contribution in [0.2, 0.25) is 0 Å². The standard InChI is InChI=1S/C9H12O3/c1-5-3-6-7(4-5)9(11-2)12-8(6)10/h6-7,9H,1,3-4H2,2H3. The second-order valence-electron chi connectivity index (χ2n) is 3.47. The van der Waals surface area contributed by atoms with Gasteiger partial charge in [0.1, 0.15) is 0 Å². The van der Waals surface area contributed by atoms with Gasteiger partial charge in [0.15, 0.2) is 0 Å². The van der Waals surface area contributed by atoms with Crippen LogP contribution >= 0.6 is 0 Å². The van der Waals surface area contributed by atoms with E-state index in [1.54, 1.807) is 7.11 Å². The van der Waals surface area contributed by atoms with Gasteiger partial charge in [-0.05, 0) is 12.8 Å². The Labute approximate surface area is 71.3 Å². The van der Waals surface area contributed by atoms with E-state index in [1.807, 2.05) is 0 Å². The molecule has 0 aromatic heterocycles. The van der Waals surface area contributed by atoms with Gasteiger partial charge < -0.3 is 9.47 Å². The molecule has 0 bridgehead atoms. The molecule has 1 aliphatic carbocycles. The van der Waals surface area contributed by atoms with Gasteiger partial charge in [-0.1, -0.05) is 12.2 Å². The van der Waals surface area contributed by atoms with Crippen LogP contribution in [0.25, 0.3) is 0 Å². The van der Waals surface area contributed by atoms with Crippen molar-refractivity contribution >= 4 is 5.97 Å². The van der Waals surface area contributed by atoms with Gasteiger partial charge >= 0.3 is 5.97 Å². The number of esters is 1. The van der Waals surface area contributed by atoms with Crippen LogP contribution in [0.5, 0.6) is 0 Å². The number of rotatable bonds is 1. The third-order valence-electron chi connectivity index (χ3n) is 2.67. The lowest BCUT2D eigenvalue weighted by atomic mass is 9.99. The van der Waals surface area contributed by atoms with Gasteiger partial charge in [-0.2, -0.15) is 0 Å². The van der Waals surface area contributed by atoms with Crippen LogP contribution in [-0.2, 0) is 14.3 Å². The predicted molar refractivity (Wildman–Crippen MR) is 42.2 cm³/mol. The summed E-state index contributed by atoms with van der Waals surface area (Å²) < 4.78 is 10.1. The maximum atomic E-state index is 11.2. The summed E-state index contributed by atoms with van der Waals surface area (Å²) in [6, 6.07) is 0. The lowest BCUT2D eigenvalue weighted by Crippen LogP contribution is -2.18. The smallest absolute Gasteiger partial charge is 0.312 e. The van der Waals surface area contributed by atoms with Gasteiger partial charge in [0.2, 0.25) is 6.29 Å². The van der Waals surface area contributed by atoms with Crippen molar-refractivity contribution in [2.45, 2.75) is 19.1 Å². The molecule has 0 aromatic carbocycles. The monoisotopic (exact) mass is 168 g/mol. The highest BCUT2D eigenvalue weighted by Crippen LogP contribution is 2.43. The first kappa shape index (κ1) is 7.80. The normalized spacial score (nSPS) is 39.9. The summed E-state index contributed by atoms with van der Waals surface area (Å²) >= 11 is 0. The fraction of sp³-hybridized carbons (Fsp3) is 0.667. The van der Waals surface area contributed by atoms with Crippen LogP contribution in [0.1, 0.15) is 12.8 Å². The number of allylic oxidation sites excluding steroid dienone is 1. The molecular weight excluding hydrogens is 156 g/mol. The van der Waals surface area contributed by atoms with Crippen molar-refractivity contribution in [2.75, 3.05) is 7.11 Å². The summed E-state index contributed by atoms with van der Waals surface area (Å²) in [6.07, 6.45) is 1.32. The molecule has 0 spiro atoms. The largest absolute Gasteiger partial charge is 0.435 e. The number of carbonyl (C=O) groups excluding carboxylic acids is 1. The summed E-state index contributed by atoms with van der Waals surface area (Å²) in [5, 5.41) is 0. The van der Waals surface area contributed by atoms with Crippen LogP contribution in [0, 0.1) is 11.8 Å². The minimum atomic E-state index is -0.332. The summed E-state index contributed by atoms with van der Waals surface area (Å²) in [5.74, 6) is 0.114. The highest BCUT2D eigenvalue weighted by atomic mass is 16.7. The highest BCUT2D eigenvalue weighted by Gasteiger charge is 2.48. The molecule has 0 N–H and O–H groups in total. The van der Waals surface area contributed by atoms with E-state index in [0.29, 0.717) is 0 Å². The quantitative estimate of drug-likeness (QED) is 0.434. The van der Waals surface area contributed by atoms with E-state index in [0.717, 1.165) is 18.4 Å². The average molecular weight is 168 g/mol. The summed E-state index contributed by atoms with van der Waals surface area (Å²) in [4.78, 5) is 11.2. The fourth-order valence-electron chi connectivity index (χ4n) is 2.08. The Morgan fingerprint density at radius 1 is 1.58 bits per heavy atom. The van der Waals surface area contributed by atoms with Gasteiger partial charge in [0.05, 0.1) is 5.92 Å². The highest BCUT2D eigenvalue weighted by molar-refractivity contribution is 5.76. The predicted octanol–water partition coefficient (Wildman–Crippen LogP) is 1.10. The van der Waals surface area contributed by atoms with Crippen LogP contribution in [0.15, 0.2) is 12.2 Å². The third-order valence-corrected chi connectivity index (χ3v) is 2.67. The molecule has 2 aliphatic rings. The molecule has 3 nitrogen and oxygen atoms in total. The van der Waals surface area contributed by atoms with E-state index in [2.05, 4.69) is 6.58 Å². The first-order chi connectivity index (χ1) is 5.72. The molecule has 1 heterocycles. The lowest BCUT2D eigenvalue weighted by Gasteiger charge is -2.12. The minimum absolute atomic E-state index is 0.0162. The zero-order chi connectivity index (χ0) is 8.72. The lowest BCUT2D eigenvalue weighted by molar-refractivity contribution is -0.162. The first-order valence-corrected chi connectivity index (χ1v) is 4.12. The number of fused-ring (bicyclic) bond motifs is 1. The Morgan fingerprint density at radius 3 is 3.00 bits per heavy atom. The van der Waals surface area contributed by atoms with Crippen LogP contribution in [0.3, 0.4) is 0 Å². The van der Waals surface area contributed by atoms with E-state index >= 15 is 0 Å². The molecular formula is C9H12O3. The van der Waals surface area contributed by atoms with Gasteiger partial charge in [-0.3, -0.25) is 4.79 Å². The Kier molecular flexibility index (Phi) is 1.68. The maximum absolute atomic E-state index is 11.2. The average Bonchev–Trinajstić information content (AvgIpc) is 2.52. The number of carbonyl (C=O) groups is 1. The molecule has 0 radical (unpaired) electrons. The summed E-state index contributed by atoms with van der Waals surface area (Å²) in [7, 11) is 1.57. The molecule has 0 aromatic rings. The zero-order valence-corrected chi connectivity index (χ0v) is 7.08. The Balaban J connectivity index is 2.18. The van der Waals surface area contributed by atoms with Crippen molar-refractivity contribution in [2.24, 2.45) is 11.8 Å². The molecule has 2 fully saturated rings. The summed E-state index contributed by atoms with van der Waals surface area (Å²) in [6.45, 7) is 3.88. The van der Waals surface area contributed by atoms with E-state index < -0.39 is 0 Å². The number of hydrogen-bond acceptors (Lipinski definition) is 3. The molecule has 1 saturated heterocycles. The van der Waals surface area contributed by atoms with Crippen LogP contribution < -0.4 is 0 Å². The van der Waals surface area contributed by atoms with Crippen molar-refractivity contribution in [3.8, 4) is 0 Å². The Bertz CT molecular complexity index is 234. The van der Waals surface area contributed by atoms with Crippen molar-refractivity contribution in [1.29, 1.82) is 0 Å². The number of ether oxygens (including phenoxy) is 2. The van der Waals surface area contributed by atoms with E-state index in [1.165, 1.54) is 0 Å². The molecule has 3 heteroatoms. The topological polar surface area (TPSA) is 35.5 Å². The van der Waals surface area contributed by atoms with Crippen LogP contribution in [-0.4, -0.2) is 19.4 Å². The summed E-state index contributed by atoms with van der Waals surface area (Å²) in [5.41, 5.74) is 1.14. The number of cyclic esters (lactones) is 1. The third kappa shape index (κ3) is 0.966. The van der Waals surface area contributed by atoms with Gasteiger partial charge in [-0.25, -0.2) is 0 Å². The molecule has 1 aliphatic heterocycles. The van der Waals surface area contributed by atoms with Crippen molar-refractivity contribution in [3.63, 3.8) is 0 Å². The number of hydrogen-bond donors (Lipinski definition) is 0. The number of methoxy groups -OCH3 is 1. The molecule has 3 unspecified atom stereocenters. The van der Waals surface area contributed by atoms with E-state index in [-0.39, 0.29) is 24.1 Å². The first-order valence-electron chi connectivity index (χ1n) is 4.12. The van der Waals surface area contributed by atoms with Crippen molar-refractivity contribution in [3.05, 3.63) is 12.2 Å². The van der Waals surface area contributed by atoms with Gasteiger partial charge in [0.25, 0.3) is 0 Å². The Hall–Kier alpha value is -0.830. The molecule has 1 saturated carbocycles. The van der Waals surface area contributed by atoms with Gasteiger partial charge in [-0.15, -0.1) is 0 Å². The van der Waals surface area contributed by atoms with E-state index in [4.69, 9.17) is 9.47 Å². The maximum Gasteiger partial charge on any atom is 0.312 e. The van der Waals surface area contributed by atoms with Gasteiger partial charge in [0, 0.05) is 13.0 Å². The van der Waals surface area contributed by atoms with Crippen LogP contribution in [0.4, 0.5) is 0 Å². The second-order valence-corrected chi connectivity index (χ2v) is 3.47. The van der Waals surface area contributed by atoms with E-state index in [9.17, 15) is 4.79 Å². The SMILES string of the molecule is C=C1CC2C(=O)OC(OC)C2C1. The molecule has 0 amide bonds. The Morgan fingerprint density at radius 2 is 2.33 bits per heavy atom. The minimum Gasteiger partial charge on any atom is -0.435 e. The molecule has 2 rings (SSSR count). The molecule has 3 atom stereocenters. The fourth-order valence-corrected chi connectivity index (χ4v) is 2.08. The molecule has 12 heavy (non-hydrogen) atoms. The zero-order valence-electron chi connectivity index (χ0n) is 7.08.